The summed E-state index contributed by atoms with van der Waals surface area (Å²) in [6.45, 7) is 7.96. The summed E-state index contributed by atoms with van der Waals surface area (Å²) < 4.78 is 7.83. The van der Waals surface area contributed by atoms with Crippen LogP contribution in [0, 0.1) is 6.92 Å². The van der Waals surface area contributed by atoms with Gasteiger partial charge >= 0.3 is 0 Å². The van der Waals surface area contributed by atoms with Crippen molar-refractivity contribution in [2.24, 2.45) is 0 Å². The molecule has 2 nitrogen and oxygen atoms in total. The van der Waals surface area contributed by atoms with Crippen LogP contribution >= 0.6 is 0 Å². The van der Waals surface area contributed by atoms with E-state index in [4.69, 9.17) is 4.74 Å². The second-order valence-electron chi connectivity index (χ2n) is 4.49. The van der Waals surface area contributed by atoms with Crippen LogP contribution in [0.25, 0.3) is 10.9 Å². The van der Waals surface area contributed by atoms with Crippen molar-refractivity contribution in [3.05, 3.63) is 36.0 Å². The second kappa shape index (κ2) is 4.71. The van der Waals surface area contributed by atoms with Crippen LogP contribution in [0.15, 0.2) is 30.5 Å². The van der Waals surface area contributed by atoms with E-state index in [1.807, 2.05) is 0 Å². The molecule has 2 heteroatoms. The van der Waals surface area contributed by atoms with Crippen LogP contribution in [0.1, 0.15) is 19.4 Å². The van der Waals surface area contributed by atoms with Crippen molar-refractivity contribution in [3.8, 4) is 0 Å². The Labute approximate surface area is 96.8 Å². The SMILES string of the molecule is Cc1ccc2ccn(CCOC(C)C)c2c1. The van der Waals surface area contributed by atoms with E-state index in [0.29, 0.717) is 6.10 Å². The number of aryl methyl sites for hydroxylation is 1. The molecule has 0 N–H and O–H groups in total. The van der Waals surface area contributed by atoms with Crippen LogP contribution in [-0.4, -0.2) is 17.3 Å². The molecule has 0 bridgehead atoms. The minimum absolute atomic E-state index is 0.309. The van der Waals surface area contributed by atoms with Crippen molar-refractivity contribution < 1.29 is 4.74 Å². The highest BCUT2D eigenvalue weighted by Crippen LogP contribution is 2.17. The molecular weight excluding hydrogens is 198 g/mol. The van der Waals surface area contributed by atoms with Crippen LogP contribution < -0.4 is 0 Å². The first-order valence-electron chi connectivity index (χ1n) is 5.84. The Balaban J connectivity index is 2.15. The molecular formula is C14H19NO. The van der Waals surface area contributed by atoms with Gasteiger partial charge in [0.2, 0.25) is 0 Å². The molecule has 0 fully saturated rings. The largest absolute Gasteiger partial charge is 0.377 e. The summed E-state index contributed by atoms with van der Waals surface area (Å²) in [5, 5.41) is 1.30. The van der Waals surface area contributed by atoms with Gasteiger partial charge in [-0.15, -0.1) is 0 Å². The van der Waals surface area contributed by atoms with Crippen molar-refractivity contribution in [1.29, 1.82) is 0 Å². The summed E-state index contributed by atoms with van der Waals surface area (Å²) in [6.07, 6.45) is 2.44. The molecule has 1 aromatic heterocycles. The number of hydrogen-bond donors (Lipinski definition) is 0. The molecule has 16 heavy (non-hydrogen) atoms. The Kier molecular flexibility index (Phi) is 3.30. The summed E-state index contributed by atoms with van der Waals surface area (Å²) in [6, 6.07) is 8.70. The molecule has 0 aliphatic heterocycles. The van der Waals surface area contributed by atoms with E-state index >= 15 is 0 Å². The van der Waals surface area contributed by atoms with Crippen LogP contribution in [0.5, 0.6) is 0 Å². The third kappa shape index (κ3) is 2.45. The molecule has 2 aromatic rings. The Hall–Kier alpha value is -1.28. The van der Waals surface area contributed by atoms with E-state index in [2.05, 4.69) is 55.8 Å². The molecule has 2 rings (SSSR count). The highest BCUT2D eigenvalue weighted by atomic mass is 16.5. The van der Waals surface area contributed by atoms with Crippen LogP contribution in [0.4, 0.5) is 0 Å². The van der Waals surface area contributed by atoms with E-state index < -0.39 is 0 Å². The predicted octanol–water partition coefficient (Wildman–Crippen LogP) is 3.37. The number of fused-ring (bicyclic) bond motifs is 1. The minimum atomic E-state index is 0.309. The first-order chi connectivity index (χ1) is 7.66. The Morgan fingerprint density at radius 2 is 2.06 bits per heavy atom. The fourth-order valence-corrected chi connectivity index (χ4v) is 1.88. The number of aromatic nitrogens is 1. The average molecular weight is 217 g/mol. The molecule has 1 heterocycles. The van der Waals surface area contributed by atoms with Crippen LogP contribution in [0.2, 0.25) is 0 Å². The maximum Gasteiger partial charge on any atom is 0.0649 e. The van der Waals surface area contributed by atoms with Gasteiger partial charge in [-0.3, -0.25) is 0 Å². The highest BCUT2D eigenvalue weighted by molar-refractivity contribution is 5.80. The molecule has 0 unspecified atom stereocenters. The fourth-order valence-electron chi connectivity index (χ4n) is 1.88. The molecule has 0 saturated carbocycles. The lowest BCUT2D eigenvalue weighted by Crippen LogP contribution is -2.09. The van der Waals surface area contributed by atoms with Gasteiger partial charge in [0.1, 0.15) is 0 Å². The first-order valence-corrected chi connectivity index (χ1v) is 5.84. The highest BCUT2D eigenvalue weighted by Gasteiger charge is 2.01. The number of nitrogens with zero attached hydrogens (tertiary/aromatic N) is 1. The maximum atomic E-state index is 5.57. The van der Waals surface area contributed by atoms with Crippen LogP contribution in [0.3, 0.4) is 0 Å². The van der Waals surface area contributed by atoms with Crippen molar-refractivity contribution in [3.63, 3.8) is 0 Å². The fraction of sp³-hybridized carbons (Fsp3) is 0.429. The summed E-state index contributed by atoms with van der Waals surface area (Å²) in [5.41, 5.74) is 2.60. The Bertz CT molecular complexity index is 471. The summed E-state index contributed by atoms with van der Waals surface area (Å²) in [5.74, 6) is 0. The third-order valence-corrected chi connectivity index (χ3v) is 2.71. The van der Waals surface area contributed by atoms with Gasteiger partial charge in [-0.25, -0.2) is 0 Å². The van der Waals surface area contributed by atoms with Gasteiger partial charge in [-0.05, 0) is 43.9 Å². The van der Waals surface area contributed by atoms with Gasteiger partial charge in [0, 0.05) is 18.3 Å². The van der Waals surface area contributed by atoms with Crippen molar-refractivity contribution in [1.82, 2.24) is 4.57 Å². The van der Waals surface area contributed by atoms with Crippen molar-refractivity contribution in [2.75, 3.05) is 6.61 Å². The quantitative estimate of drug-likeness (QED) is 0.765. The van der Waals surface area contributed by atoms with E-state index in [1.54, 1.807) is 0 Å². The predicted molar refractivity (Wildman–Crippen MR) is 67.8 cm³/mol. The Morgan fingerprint density at radius 1 is 1.25 bits per heavy atom. The van der Waals surface area contributed by atoms with Gasteiger partial charge in [0.05, 0.1) is 12.7 Å². The van der Waals surface area contributed by atoms with E-state index in [9.17, 15) is 0 Å². The van der Waals surface area contributed by atoms with Gasteiger partial charge < -0.3 is 9.30 Å². The van der Waals surface area contributed by atoms with Crippen molar-refractivity contribution in [2.45, 2.75) is 33.4 Å². The second-order valence-corrected chi connectivity index (χ2v) is 4.49. The van der Waals surface area contributed by atoms with E-state index in [-0.39, 0.29) is 0 Å². The molecule has 0 atom stereocenters. The van der Waals surface area contributed by atoms with Crippen LogP contribution in [-0.2, 0) is 11.3 Å². The molecule has 0 aliphatic carbocycles. The number of hydrogen-bond acceptors (Lipinski definition) is 1. The molecule has 0 spiro atoms. The smallest absolute Gasteiger partial charge is 0.0649 e. The molecule has 0 radical (unpaired) electrons. The monoisotopic (exact) mass is 217 g/mol. The van der Waals surface area contributed by atoms with E-state index in [1.165, 1.54) is 16.5 Å². The lowest BCUT2D eigenvalue weighted by atomic mass is 10.2. The summed E-state index contributed by atoms with van der Waals surface area (Å²) in [7, 11) is 0. The third-order valence-electron chi connectivity index (χ3n) is 2.71. The van der Waals surface area contributed by atoms with E-state index in [0.717, 1.165) is 13.2 Å². The number of benzene rings is 1. The zero-order chi connectivity index (χ0) is 11.5. The zero-order valence-corrected chi connectivity index (χ0v) is 10.2. The van der Waals surface area contributed by atoms with Gasteiger partial charge in [-0.1, -0.05) is 12.1 Å². The lowest BCUT2D eigenvalue weighted by Gasteiger charge is -2.09. The standard InChI is InChI=1S/C14H19NO/c1-11(2)16-9-8-15-7-6-13-5-4-12(3)10-14(13)15/h4-7,10-11H,8-9H2,1-3H3. The molecule has 1 aromatic carbocycles. The topological polar surface area (TPSA) is 14.2 Å². The number of ether oxygens (including phenoxy) is 1. The van der Waals surface area contributed by atoms with Gasteiger partial charge in [-0.2, -0.15) is 0 Å². The summed E-state index contributed by atoms with van der Waals surface area (Å²) >= 11 is 0. The maximum absolute atomic E-state index is 5.57. The average Bonchev–Trinajstić information content (AvgIpc) is 2.60. The molecule has 86 valence electrons. The van der Waals surface area contributed by atoms with Crippen molar-refractivity contribution >= 4 is 10.9 Å². The molecule has 0 saturated heterocycles. The Morgan fingerprint density at radius 3 is 2.81 bits per heavy atom. The zero-order valence-electron chi connectivity index (χ0n) is 10.2. The molecule has 0 amide bonds. The lowest BCUT2D eigenvalue weighted by molar-refractivity contribution is 0.0733. The van der Waals surface area contributed by atoms with Gasteiger partial charge in [0.15, 0.2) is 0 Å². The normalized spacial score (nSPS) is 11.5. The minimum Gasteiger partial charge on any atom is -0.377 e. The first kappa shape index (κ1) is 11.2. The molecule has 0 aliphatic rings. The number of rotatable bonds is 4. The van der Waals surface area contributed by atoms with Gasteiger partial charge in [0.25, 0.3) is 0 Å². The summed E-state index contributed by atoms with van der Waals surface area (Å²) in [4.78, 5) is 0.